The van der Waals surface area contributed by atoms with Crippen molar-refractivity contribution in [3.63, 3.8) is 0 Å². The largest absolute Gasteiger partial charge is 0.494 e. The molecule has 0 bridgehead atoms. The molecule has 32 heavy (non-hydrogen) atoms. The molecule has 4 rings (SSSR count). The molecule has 0 aliphatic carbocycles. The maximum absolute atomic E-state index is 13.2. The van der Waals surface area contributed by atoms with Crippen molar-refractivity contribution in [2.75, 3.05) is 32.8 Å². The van der Waals surface area contributed by atoms with Crippen molar-refractivity contribution in [3.05, 3.63) is 59.2 Å². The zero-order valence-electron chi connectivity index (χ0n) is 18.3. The van der Waals surface area contributed by atoms with Gasteiger partial charge in [-0.05, 0) is 92.1 Å². The molecule has 3 aromatic rings. The number of H-pyrrole nitrogens is 1. The molecule has 0 radical (unpaired) electrons. The molecule has 0 saturated carbocycles. The fraction of sp³-hybridized carbons (Fsp3) is 0.440. The quantitative estimate of drug-likeness (QED) is 0.254. The number of rotatable bonds is 11. The molecule has 1 aromatic heterocycles. The van der Waals surface area contributed by atoms with Crippen molar-refractivity contribution in [3.8, 4) is 5.75 Å². The first kappa shape index (κ1) is 23.4. The van der Waals surface area contributed by atoms with E-state index >= 15 is 0 Å². The molecule has 0 amide bonds. The molecule has 2 heterocycles. The smallest absolute Gasteiger partial charge is 0.119 e. The normalized spacial score (nSPS) is 15.4. The highest BCUT2D eigenvalue weighted by molar-refractivity contribution is 7.97. The van der Waals surface area contributed by atoms with Gasteiger partial charge in [-0.1, -0.05) is 11.6 Å². The minimum absolute atomic E-state index is 0.604. The molecule has 0 unspecified atom stereocenters. The number of likely N-dealkylation sites (tertiary alicyclic amines) is 1. The van der Waals surface area contributed by atoms with Gasteiger partial charge in [-0.25, -0.2) is 4.39 Å². The molecule has 1 saturated heterocycles. The number of benzene rings is 2. The number of hydrogen-bond acceptors (Lipinski definition) is 4. The maximum Gasteiger partial charge on any atom is 0.119 e. The van der Waals surface area contributed by atoms with E-state index in [-0.39, 0.29) is 0 Å². The molecule has 2 aromatic carbocycles. The summed E-state index contributed by atoms with van der Waals surface area (Å²) < 4.78 is 22.5. The van der Waals surface area contributed by atoms with Crippen LogP contribution in [-0.2, 0) is 6.42 Å². The van der Waals surface area contributed by atoms with Gasteiger partial charge >= 0.3 is 0 Å². The van der Waals surface area contributed by atoms with E-state index in [1.807, 2.05) is 30.3 Å². The summed E-state index contributed by atoms with van der Waals surface area (Å²) in [4.78, 5) is 6.82. The number of ether oxygens (including phenoxy) is 1. The first-order valence-electron chi connectivity index (χ1n) is 11.4. The molecule has 7 heteroatoms. The Morgan fingerprint density at radius 3 is 2.75 bits per heavy atom. The van der Waals surface area contributed by atoms with Crippen molar-refractivity contribution in [2.45, 2.75) is 43.2 Å². The van der Waals surface area contributed by atoms with Crippen LogP contribution in [0.4, 0.5) is 4.39 Å². The minimum Gasteiger partial charge on any atom is -0.494 e. The van der Waals surface area contributed by atoms with Gasteiger partial charge in [0.15, 0.2) is 0 Å². The lowest BCUT2D eigenvalue weighted by molar-refractivity contribution is 0.143. The summed E-state index contributed by atoms with van der Waals surface area (Å²) in [5, 5.41) is 1.99. The highest BCUT2D eigenvalue weighted by Crippen LogP contribution is 2.24. The molecule has 1 aliphatic heterocycles. The fourth-order valence-corrected chi connectivity index (χ4v) is 4.91. The van der Waals surface area contributed by atoms with E-state index in [9.17, 15) is 4.39 Å². The van der Waals surface area contributed by atoms with Gasteiger partial charge in [0.05, 0.1) is 6.61 Å². The number of aryl methyl sites for hydroxylation is 1. The predicted molar refractivity (Wildman–Crippen MR) is 133 cm³/mol. The van der Waals surface area contributed by atoms with Crippen LogP contribution < -0.4 is 9.46 Å². The maximum atomic E-state index is 13.2. The van der Waals surface area contributed by atoms with Crippen LogP contribution in [0, 0.1) is 0 Å². The predicted octanol–water partition coefficient (Wildman–Crippen LogP) is 6.25. The van der Waals surface area contributed by atoms with Crippen LogP contribution >= 0.6 is 23.5 Å². The third-order valence-corrected chi connectivity index (χ3v) is 6.96. The van der Waals surface area contributed by atoms with E-state index in [4.69, 9.17) is 16.3 Å². The molecule has 0 spiro atoms. The number of nitrogens with zero attached hydrogens (tertiary/aromatic N) is 1. The lowest BCUT2D eigenvalue weighted by Crippen LogP contribution is -2.35. The van der Waals surface area contributed by atoms with Gasteiger partial charge in [0.2, 0.25) is 0 Å². The van der Waals surface area contributed by atoms with Crippen molar-refractivity contribution >= 4 is 34.5 Å². The van der Waals surface area contributed by atoms with Crippen LogP contribution in [0.5, 0.6) is 5.75 Å². The second-order valence-corrected chi connectivity index (χ2v) is 9.69. The lowest BCUT2D eigenvalue weighted by Gasteiger charge is -2.28. The van der Waals surface area contributed by atoms with Crippen LogP contribution in [-0.4, -0.2) is 48.8 Å². The summed E-state index contributed by atoms with van der Waals surface area (Å²) in [6.45, 7) is 4.34. The molecule has 0 atom stereocenters. The number of halogens is 2. The summed E-state index contributed by atoms with van der Waals surface area (Å²) in [6, 6.07) is 14.2. The number of fused-ring (bicyclic) bond motifs is 1. The van der Waals surface area contributed by atoms with Crippen molar-refractivity contribution in [2.24, 2.45) is 0 Å². The number of piperidine rings is 1. The topological polar surface area (TPSA) is 40.3 Å². The van der Waals surface area contributed by atoms with Crippen LogP contribution in [0.3, 0.4) is 0 Å². The number of aromatic amines is 1. The van der Waals surface area contributed by atoms with E-state index in [0.717, 1.165) is 61.7 Å². The Hall–Kier alpha value is -1.73. The Labute approximate surface area is 199 Å². The van der Waals surface area contributed by atoms with E-state index in [1.54, 1.807) is 11.9 Å². The SMILES string of the molecule is FC1CCN(CCCOc2ccc(SNCCCc3c[nH]c4ccc(Cl)cc34)cc2)CC1. The monoisotopic (exact) mass is 475 g/mol. The van der Waals surface area contributed by atoms with Crippen LogP contribution in [0.15, 0.2) is 53.6 Å². The van der Waals surface area contributed by atoms with Gasteiger partial charge in [-0.2, -0.15) is 0 Å². The van der Waals surface area contributed by atoms with Crippen LogP contribution in [0.2, 0.25) is 5.02 Å². The first-order chi connectivity index (χ1) is 15.7. The zero-order chi connectivity index (χ0) is 22.2. The van der Waals surface area contributed by atoms with E-state index < -0.39 is 6.17 Å². The van der Waals surface area contributed by atoms with Gasteiger partial charge < -0.3 is 14.6 Å². The summed E-state index contributed by atoms with van der Waals surface area (Å²) in [6.07, 6.45) is 5.85. The van der Waals surface area contributed by atoms with Crippen LogP contribution in [0.25, 0.3) is 10.9 Å². The van der Waals surface area contributed by atoms with Crippen molar-refractivity contribution in [1.82, 2.24) is 14.6 Å². The second-order valence-electron chi connectivity index (χ2n) is 8.29. The van der Waals surface area contributed by atoms with Gasteiger partial charge in [0.1, 0.15) is 11.9 Å². The number of nitrogens with one attached hydrogen (secondary N) is 2. The standard InChI is InChI=1S/C25H31ClFN3OS/c26-20-4-9-25-24(17-20)19(18-28-25)3-1-12-29-32-23-7-5-22(6-8-23)31-16-2-13-30-14-10-21(27)11-15-30/h4-9,17-18,21,28-29H,1-3,10-16H2. The third kappa shape index (κ3) is 6.88. The molecular formula is C25H31ClFN3OS. The summed E-state index contributed by atoms with van der Waals surface area (Å²) in [5.41, 5.74) is 2.44. The second kappa shape index (κ2) is 11.9. The van der Waals surface area contributed by atoms with E-state index in [1.165, 1.54) is 15.8 Å². The van der Waals surface area contributed by atoms with Gasteiger partial charge in [0, 0.05) is 53.2 Å². The Bertz CT molecular complexity index is 973. The van der Waals surface area contributed by atoms with Crippen molar-refractivity contribution in [1.29, 1.82) is 0 Å². The molecule has 172 valence electrons. The Morgan fingerprint density at radius 1 is 1.12 bits per heavy atom. The fourth-order valence-electron chi connectivity index (χ4n) is 4.05. The third-order valence-electron chi connectivity index (χ3n) is 5.87. The summed E-state index contributed by atoms with van der Waals surface area (Å²) in [7, 11) is 0. The zero-order valence-corrected chi connectivity index (χ0v) is 19.9. The number of alkyl halides is 1. The molecule has 1 fully saturated rings. The Balaban J connectivity index is 1.10. The van der Waals surface area contributed by atoms with E-state index in [0.29, 0.717) is 19.4 Å². The van der Waals surface area contributed by atoms with Gasteiger partial charge in [-0.15, -0.1) is 0 Å². The summed E-state index contributed by atoms with van der Waals surface area (Å²) >= 11 is 7.78. The molecular weight excluding hydrogens is 445 g/mol. The number of aromatic nitrogens is 1. The average Bonchev–Trinajstić information content (AvgIpc) is 3.20. The lowest BCUT2D eigenvalue weighted by atomic mass is 10.1. The minimum atomic E-state index is -0.604. The Morgan fingerprint density at radius 2 is 1.94 bits per heavy atom. The van der Waals surface area contributed by atoms with Crippen molar-refractivity contribution < 1.29 is 9.13 Å². The van der Waals surface area contributed by atoms with Gasteiger partial charge in [-0.3, -0.25) is 4.72 Å². The molecule has 4 nitrogen and oxygen atoms in total. The Kier molecular flexibility index (Phi) is 8.74. The average molecular weight is 476 g/mol. The first-order valence-corrected chi connectivity index (χ1v) is 12.6. The molecule has 1 aliphatic rings. The number of hydrogen-bond donors (Lipinski definition) is 2. The van der Waals surface area contributed by atoms with Gasteiger partial charge in [0.25, 0.3) is 0 Å². The highest BCUT2D eigenvalue weighted by atomic mass is 35.5. The highest BCUT2D eigenvalue weighted by Gasteiger charge is 2.17. The van der Waals surface area contributed by atoms with Crippen LogP contribution in [0.1, 0.15) is 31.2 Å². The van der Waals surface area contributed by atoms with E-state index in [2.05, 4.69) is 32.9 Å². The molecule has 2 N–H and O–H groups in total. The summed E-state index contributed by atoms with van der Waals surface area (Å²) in [5.74, 6) is 0.898.